The molecule has 4 aromatic rings. The number of halogens is 2. The summed E-state index contributed by atoms with van der Waals surface area (Å²) in [5.41, 5.74) is 4.10. The summed E-state index contributed by atoms with van der Waals surface area (Å²) >= 11 is 12.1. The van der Waals surface area contributed by atoms with Crippen LogP contribution in [0.4, 0.5) is 0 Å². The van der Waals surface area contributed by atoms with E-state index in [0.29, 0.717) is 23.1 Å². The number of ether oxygens (including phenoxy) is 2. The third-order valence-electron chi connectivity index (χ3n) is 8.54. The Kier molecular flexibility index (Phi) is 16.7. The smallest absolute Gasteiger partial charge is 0.119 e. The van der Waals surface area contributed by atoms with Crippen molar-refractivity contribution in [1.29, 1.82) is 0 Å². The van der Waals surface area contributed by atoms with Crippen molar-refractivity contribution in [3.63, 3.8) is 0 Å². The molecule has 0 heterocycles. The molecule has 6 nitrogen and oxygen atoms in total. The van der Waals surface area contributed by atoms with Crippen LogP contribution in [0, 0.1) is 0 Å². The Labute approximate surface area is 302 Å². The van der Waals surface area contributed by atoms with Crippen molar-refractivity contribution in [2.75, 3.05) is 26.3 Å². The molecule has 0 radical (unpaired) electrons. The highest BCUT2D eigenvalue weighted by Crippen LogP contribution is 2.20. The average Bonchev–Trinajstić information content (AvgIpc) is 3.10. The maximum atomic E-state index is 10.4. The van der Waals surface area contributed by atoms with Crippen LogP contribution in [0.5, 0.6) is 11.5 Å². The lowest BCUT2D eigenvalue weighted by atomic mass is 10.1. The molecule has 0 saturated carbocycles. The van der Waals surface area contributed by atoms with Crippen molar-refractivity contribution in [3.8, 4) is 11.5 Å². The minimum absolute atomic E-state index is 0.225. The van der Waals surface area contributed by atoms with Gasteiger partial charge in [0.1, 0.15) is 11.5 Å². The Morgan fingerprint density at radius 1 is 0.551 bits per heavy atom. The normalized spacial score (nSPS) is 13.8. The van der Waals surface area contributed by atoms with Crippen molar-refractivity contribution < 1.29 is 19.7 Å². The lowest BCUT2D eigenvalue weighted by molar-refractivity contribution is 0.170. The number of hydrogen-bond acceptors (Lipinski definition) is 6. The van der Waals surface area contributed by atoms with Crippen LogP contribution in [-0.4, -0.2) is 48.6 Å². The molecule has 4 atom stereocenters. The van der Waals surface area contributed by atoms with E-state index >= 15 is 0 Å². The molecule has 0 amide bonds. The summed E-state index contributed by atoms with van der Waals surface area (Å²) in [6.45, 7) is 6.64. The molecule has 8 heteroatoms. The van der Waals surface area contributed by atoms with Gasteiger partial charge in [-0.3, -0.25) is 0 Å². The SMILES string of the molecule is C[C@H](Cc1ccc(OCCCCCCCOc2ccc(C[C@@H](C)NC[C@H](O)c3cccc(Cl)c3)cc2)cc1)NC[C@H](O)c1cccc(Cl)c1. The first kappa shape index (κ1) is 38.7. The summed E-state index contributed by atoms with van der Waals surface area (Å²) in [7, 11) is 0. The molecule has 49 heavy (non-hydrogen) atoms. The lowest BCUT2D eigenvalue weighted by Gasteiger charge is -2.18. The molecule has 0 spiro atoms. The number of unbranched alkanes of at least 4 members (excludes halogenated alkanes) is 4. The van der Waals surface area contributed by atoms with E-state index in [0.717, 1.165) is 74.4 Å². The van der Waals surface area contributed by atoms with Gasteiger partial charge in [0.2, 0.25) is 0 Å². The second-order valence-electron chi connectivity index (χ2n) is 12.9. The molecule has 4 N–H and O–H groups in total. The lowest BCUT2D eigenvalue weighted by Crippen LogP contribution is -2.32. The summed E-state index contributed by atoms with van der Waals surface area (Å²) in [5.74, 6) is 1.80. The highest BCUT2D eigenvalue weighted by Gasteiger charge is 2.12. The van der Waals surface area contributed by atoms with Gasteiger partial charge in [-0.1, -0.05) is 91.0 Å². The first-order valence-corrected chi connectivity index (χ1v) is 18.3. The Morgan fingerprint density at radius 2 is 0.939 bits per heavy atom. The number of nitrogens with one attached hydrogen (secondary N) is 2. The van der Waals surface area contributed by atoms with Crippen LogP contribution in [0.3, 0.4) is 0 Å². The van der Waals surface area contributed by atoms with E-state index in [1.807, 2.05) is 60.7 Å². The molecular formula is C41H52Cl2N2O4. The first-order valence-electron chi connectivity index (χ1n) is 17.5. The third-order valence-corrected chi connectivity index (χ3v) is 9.01. The zero-order valence-electron chi connectivity index (χ0n) is 28.8. The van der Waals surface area contributed by atoms with E-state index in [2.05, 4.69) is 48.7 Å². The van der Waals surface area contributed by atoms with Gasteiger partial charge in [-0.05, 0) is 110 Å². The van der Waals surface area contributed by atoms with Crippen LogP contribution >= 0.6 is 23.2 Å². The van der Waals surface area contributed by atoms with E-state index < -0.39 is 12.2 Å². The minimum atomic E-state index is -0.590. The second kappa shape index (κ2) is 21.2. The van der Waals surface area contributed by atoms with Crippen LogP contribution in [0.15, 0.2) is 97.1 Å². The largest absolute Gasteiger partial charge is 0.494 e. The zero-order chi connectivity index (χ0) is 34.8. The molecule has 4 aromatic carbocycles. The zero-order valence-corrected chi connectivity index (χ0v) is 30.3. The number of aliphatic hydroxyl groups excluding tert-OH is 2. The first-order chi connectivity index (χ1) is 23.7. The molecule has 0 aliphatic heterocycles. The molecule has 0 saturated heterocycles. The third kappa shape index (κ3) is 14.7. The monoisotopic (exact) mass is 706 g/mol. The van der Waals surface area contributed by atoms with Crippen LogP contribution in [-0.2, 0) is 12.8 Å². The molecule has 0 aromatic heterocycles. The molecule has 264 valence electrons. The van der Waals surface area contributed by atoms with Crippen LogP contribution in [0.25, 0.3) is 0 Å². The van der Waals surface area contributed by atoms with Gasteiger partial charge in [0.15, 0.2) is 0 Å². The van der Waals surface area contributed by atoms with Crippen LogP contribution in [0.1, 0.15) is 80.4 Å². The van der Waals surface area contributed by atoms with E-state index in [4.69, 9.17) is 32.7 Å². The molecular weight excluding hydrogens is 655 g/mol. The van der Waals surface area contributed by atoms with E-state index in [1.165, 1.54) is 17.5 Å². The van der Waals surface area contributed by atoms with Gasteiger partial charge in [0.25, 0.3) is 0 Å². The fourth-order valence-corrected chi connectivity index (χ4v) is 6.10. The minimum Gasteiger partial charge on any atom is -0.494 e. The Bertz CT molecular complexity index is 1390. The van der Waals surface area contributed by atoms with E-state index in [-0.39, 0.29) is 12.1 Å². The fraction of sp³-hybridized carbons (Fsp3) is 0.415. The highest BCUT2D eigenvalue weighted by molar-refractivity contribution is 6.30. The predicted octanol–water partition coefficient (Wildman–Crippen LogP) is 8.91. The van der Waals surface area contributed by atoms with Gasteiger partial charge in [-0.15, -0.1) is 0 Å². The predicted molar refractivity (Wildman–Crippen MR) is 202 cm³/mol. The van der Waals surface area contributed by atoms with E-state index in [1.54, 1.807) is 12.1 Å². The summed E-state index contributed by atoms with van der Waals surface area (Å²) in [5, 5.41) is 29.0. The Hall–Kier alpha value is -3.10. The maximum absolute atomic E-state index is 10.4. The van der Waals surface area contributed by atoms with Gasteiger partial charge < -0.3 is 30.3 Å². The topological polar surface area (TPSA) is 83.0 Å². The molecule has 4 rings (SSSR count). The van der Waals surface area contributed by atoms with Crippen LogP contribution in [0.2, 0.25) is 10.0 Å². The van der Waals surface area contributed by atoms with E-state index in [9.17, 15) is 10.2 Å². The summed E-state index contributed by atoms with van der Waals surface area (Å²) in [4.78, 5) is 0. The van der Waals surface area contributed by atoms with Gasteiger partial charge in [-0.2, -0.15) is 0 Å². The van der Waals surface area contributed by atoms with Gasteiger partial charge in [-0.25, -0.2) is 0 Å². The fourth-order valence-electron chi connectivity index (χ4n) is 5.70. The number of hydrogen-bond donors (Lipinski definition) is 4. The number of aliphatic hydroxyl groups is 2. The summed E-state index contributed by atoms with van der Waals surface area (Å²) in [6, 6.07) is 31.8. The summed E-state index contributed by atoms with van der Waals surface area (Å²) < 4.78 is 11.9. The maximum Gasteiger partial charge on any atom is 0.119 e. The molecule has 0 unspecified atom stereocenters. The average molecular weight is 708 g/mol. The summed E-state index contributed by atoms with van der Waals surface area (Å²) in [6.07, 6.45) is 6.07. The van der Waals surface area contributed by atoms with Crippen LogP contribution < -0.4 is 20.1 Å². The van der Waals surface area contributed by atoms with Crippen molar-refractivity contribution in [3.05, 3.63) is 129 Å². The van der Waals surface area contributed by atoms with Crippen molar-refractivity contribution >= 4 is 23.2 Å². The molecule has 0 fully saturated rings. The molecule has 0 bridgehead atoms. The Morgan fingerprint density at radius 3 is 1.33 bits per heavy atom. The van der Waals surface area contributed by atoms with Gasteiger partial charge in [0.05, 0.1) is 25.4 Å². The number of benzene rings is 4. The highest BCUT2D eigenvalue weighted by atomic mass is 35.5. The van der Waals surface area contributed by atoms with Crippen molar-refractivity contribution in [1.82, 2.24) is 10.6 Å². The molecule has 0 aliphatic carbocycles. The standard InChI is InChI=1S/C41H52Cl2N2O4/c1-30(44-28-40(46)34-10-8-12-36(42)26-34)24-32-14-18-38(19-15-32)48-22-6-4-3-5-7-23-49-39-20-16-33(17-21-39)25-31(2)45-29-41(47)35-11-9-13-37(43)27-35/h8-21,26-27,30-31,40-41,44-47H,3-7,22-25,28-29H2,1-2H3/t30-,31-,40+,41+/m1/s1. The molecule has 0 aliphatic rings. The quantitative estimate of drug-likeness (QED) is 0.0611. The van der Waals surface area contributed by atoms with Crippen molar-refractivity contribution in [2.45, 2.75) is 83.1 Å². The van der Waals surface area contributed by atoms with Crippen molar-refractivity contribution in [2.24, 2.45) is 0 Å². The second-order valence-corrected chi connectivity index (χ2v) is 13.8. The van der Waals surface area contributed by atoms with Gasteiger partial charge >= 0.3 is 0 Å². The number of rotatable bonds is 22. The van der Waals surface area contributed by atoms with Gasteiger partial charge in [0, 0.05) is 35.2 Å². The Balaban J connectivity index is 0.994.